The second kappa shape index (κ2) is 10.5. The number of nitrogens with zero attached hydrogens (tertiary/aromatic N) is 4. The first-order valence-corrected chi connectivity index (χ1v) is 14.3. The largest absolute Gasteiger partial charge is 0.416 e. The fraction of sp³-hybridized carbons (Fsp3) is 0. The Bertz CT molecular complexity index is 2130. The molecule has 8 aromatic rings. The molecule has 0 fully saturated rings. The summed E-state index contributed by atoms with van der Waals surface area (Å²) >= 11 is 0. The standard InChI is InChI=1S/C38H26N4O/c1-3-12-27(13-4-1)37-39-40-38(43-37)28-14-11-17-32(26-28)41(29-15-5-2-6-16-29)30-22-24-31(25-23-30)42-35-20-9-7-18-33(35)34-19-8-10-21-36(34)42/h1-26H. The van der Waals surface area contributed by atoms with E-state index < -0.39 is 0 Å². The van der Waals surface area contributed by atoms with E-state index in [4.69, 9.17) is 4.42 Å². The van der Waals surface area contributed by atoms with Crippen molar-refractivity contribution in [2.75, 3.05) is 4.90 Å². The number of aromatic nitrogens is 3. The Morgan fingerprint density at radius 2 is 0.953 bits per heavy atom. The molecule has 2 aromatic heterocycles. The molecule has 0 amide bonds. The average molecular weight is 555 g/mol. The number of hydrogen-bond acceptors (Lipinski definition) is 4. The fourth-order valence-corrected chi connectivity index (χ4v) is 5.79. The highest BCUT2D eigenvalue weighted by Crippen LogP contribution is 2.38. The third-order valence-corrected chi connectivity index (χ3v) is 7.76. The van der Waals surface area contributed by atoms with E-state index in [0.29, 0.717) is 11.8 Å². The van der Waals surface area contributed by atoms with Gasteiger partial charge >= 0.3 is 0 Å². The zero-order valence-electron chi connectivity index (χ0n) is 23.2. The summed E-state index contributed by atoms with van der Waals surface area (Å²) in [6.07, 6.45) is 0. The normalized spacial score (nSPS) is 11.3. The molecule has 0 radical (unpaired) electrons. The number of hydrogen-bond donors (Lipinski definition) is 0. The van der Waals surface area contributed by atoms with Crippen LogP contribution >= 0.6 is 0 Å². The van der Waals surface area contributed by atoms with Gasteiger partial charge in [-0.1, -0.05) is 78.9 Å². The van der Waals surface area contributed by atoms with Gasteiger partial charge in [0.2, 0.25) is 11.8 Å². The molecule has 0 unspecified atom stereocenters. The first kappa shape index (κ1) is 24.8. The van der Waals surface area contributed by atoms with E-state index in [1.54, 1.807) is 0 Å². The molecule has 0 aliphatic rings. The molecular weight excluding hydrogens is 528 g/mol. The molecule has 0 bridgehead atoms. The second-order valence-electron chi connectivity index (χ2n) is 10.4. The van der Waals surface area contributed by atoms with Crippen LogP contribution in [0.15, 0.2) is 162 Å². The molecule has 204 valence electrons. The lowest BCUT2D eigenvalue weighted by Crippen LogP contribution is -2.10. The lowest BCUT2D eigenvalue weighted by molar-refractivity contribution is 0.584. The van der Waals surface area contributed by atoms with Crippen molar-refractivity contribution in [3.63, 3.8) is 0 Å². The predicted octanol–water partition coefficient (Wildman–Crippen LogP) is 9.97. The molecule has 6 aromatic carbocycles. The van der Waals surface area contributed by atoms with Crippen LogP contribution in [0.3, 0.4) is 0 Å². The van der Waals surface area contributed by atoms with Crippen molar-refractivity contribution in [2.24, 2.45) is 0 Å². The van der Waals surface area contributed by atoms with Crippen LogP contribution in [-0.2, 0) is 0 Å². The van der Waals surface area contributed by atoms with Crippen LogP contribution in [0.1, 0.15) is 0 Å². The molecule has 0 spiro atoms. The van der Waals surface area contributed by atoms with Crippen molar-refractivity contribution < 1.29 is 4.42 Å². The van der Waals surface area contributed by atoms with Crippen LogP contribution in [0.25, 0.3) is 50.4 Å². The van der Waals surface area contributed by atoms with Gasteiger partial charge in [0.15, 0.2) is 0 Å². The lowest BCUT2D eigenvalue weighted by Gasteiger charge is -2.26. The minimum absolute atomic E-state index is 0.482. The van der Waals surface area contributed by atoms with Crippen LogP contribution in [0.2, 0.25) is 0 Å². The highest BCUT2D eigenvalue weighted by Gasteiger charge is 2.17. The van der Waals surface area contributed by atoms with Gasteiger partial charge in [0.1, 0.15) is 0 Å². The van der Waals surface area contributed by atoms with Gasteiger partial charge < -0.3 is 13.9 Å². The third-order valence-electron chi connectivity index (χ3n) is 7.76. The van der Waals surface area contributed by atoms with E-state index >= 15 is 0 Å². The van der Waals surface area contributed by atoms with Crippen LogP contribution in [0, 0.1) is 0 Å². The quantitative estimate of drug-likeness (QED) is 0.205. The predicted molar refractivity (Wildman–Crippen MR) is 174 cm³/mol. The summed E-state index contributed by atoms with van der Waals surface area (Å²) in [4.78, 5) is 2.24. The van der Waals surface area contributed by atoms with Crippen LogP contribution in [-0.4, -0.2) is 14.8 Å². The summed E-state index contributed by atoms with van der Waals surface area (Å²) in [6, 6.07) is 54.3. The van der Waals surface area contributed by atoms with E-state index in [1.807, 2.05) is 48.5 Å². The maximum Gasteiger partial charge on any atom is 0.248 e. The number of fused-ring (bicyclic) bond motifs is 3. The SMILES string of the molecule is c1ccc(-c2nnc(-c3cccc(N(c4ccccc4)c4ccc(-n5c6ccccc6c6ccccc65)cc4)c3)o2)cc1. The molecule has 5 heteroatoms. The molecule has 0 saturated carbocycles. The number of anilines is 3. The Morgan fingerprint density at radius 3 is 1.63 bits per heavy atom. The van der Waals surface area contributed by atoms with Crippen molar-refractivity contribution in [2.45, 2.75) is 0 Å². The van der Waals surface area contributed by atoms with Gasteiger partial charge in [-0.2, -0.15) is 0 Å². The Hall–Kier alpha value is -5.94. The monoisotopic (exact) mass is 554 g/mol. The molecule has 5 nitrogen and oxygen atoms in total. The smallest absolute Gasteiger partial charge is 0.248 e. The Morgan fingerprint density at radius 1 is 0.442 bits per heavy atom. The van der Waals surface area contributed by atoms with Gasteiger partial charge in [0, 0.05) is 44.6 Å². The van der Waals surface area contributed by atoms with Gasteiger partial charge in [-0.3, -0.25) is 0 Å². The molecule has 0 aliphatic heterocycles. The maximum absolute atomic E-state index is 6.09. The zero-order chi connectivity index (χ0) is 28.6. The first-order valence-electron chi connectivity index (χ1n) is 14.3. The third kappa shape index (κ3) is 4.44. The Balaban J connectivity index is 1.20. The fourth-order valence-electron chi connectivity index (χ4n) is 5.79. The summed E-state index contributed by atoms with van der Waals surface area (Å²) in [5, 5.41) is 11.2. The van der Waals surface area contributed by atoms with Crippen molar-refractivity contribution >= 4 is 38.9 Å². The van der Waals surface area contributed by atoms with Crippen LogP contribution < -0.4 is 4.90 Å². The topological polar surface area (TPSA) is 47.1 Å². The van der Waals surface area contributed by atoms with Crippen LogP contribution in [0.5, 0.6) is 0 Å². The molecule has 2 heterocycles. The summed E-state index contributed by atoms with van der Waals surface area (Å²) in [6.45, 7) is 0. The zero-order valence-corrected chi connectivity index (χ0v) is 23.2. The van der Waals surface area contributed by atoms with Gasteiger partial charge in [0.25, 0.3) is 0 Å². The van der Waals surface area contributed by atoms with E-state index in [-0.39, 0.29) is 0 Å². The molecule has 0 atom stereocenters. The lowest BCUT2D eigenvalue weighted by atomic mass is 10.1. The van der Waals surface area contributed by atoms with Gasteiger partial charge in [-0.05, 0) is 78.9 Å². The van der Waals surface area contributed by atoms with Crippen molar-refractivity contribution in [1.29, 1.82) is 0 Å². The summed E-state index contributed by atoms with van der Waals surface area (Å²) < 4.78 is 8.42. The average Bonchev–Trinajstić information content (AvgIpc) is 3.71. The second-order valence-corrected chi connectivity index (χ2v) is 10.4. The maximum atomic E-state index is 6.09. The molecule has 8 rings (SSSR count). The Labute approximate surface area is 248 Å². The van der Waals surface area contributed by atoms with Crippen molar-refractivity contribution in [3.05, 3.63) is 158 Å². The minimum Gasteiger partial charge on any atom is -0.416 e. The highest BCUT2D eigenvalue weighted by molar-refractivity contribution is 6.09. The molecule has 0 saturated heterocycles. The Kier molecular flexibility index (Phi) is 6.05. The summed E-state index contributed by atoms with van der Waals surface area (Å²) in [5.74, 6) is 0.983. The molecule has 43 heavy (non-hydrogen) atoms. The van der Waals surface area contributed by atoms with E-state index in [1.165, 1.54) is 21.8 Å². The van der Waals surface area contributed by atoms with E-state index in [0.717, 1.165) is 33.9 Å². The minimum atomic E-state index is 0.482. The summed E-state index contributed by atoms with van der Waals surface area (Å²) in [7, 11) is 0. The van der Waals surface area contributed by atoms with Gasteiger partial charge in [-0.15, -0.1) is 10.2 Å². The number of benzene rings is 6. The van der Waals surface area contributed by atoms with Gasteiger partial charge in [0.05, 0.1) is 11.0 Å². The van der Waals surface area contributed by atoms with E-state index in [2.05, 4.69) is 129 Å². The molecular formula is C38H26N4O. The molecule has 0 N–H and O–H groups in total. The number of rotatable bonds is 6. The highest BCUT2D eigenvalue weighted by atomic mass is 16.4. The van der Waals surface area contributed by atoms with Gasteiger partial charge in [-0.25, -0.2) is 0 Å². The van der Waals surface area contributed by atoms with Crippen LogP contribution in [0.4, 0.5) is 17.1 Å². The number of para-hydroxylation sites is 3. The summed E-state index contributed by atoms with van der Waals surface area (Å²) in [5.41, 5.74) is 8.34. The van der Waals surface area contributed by atoms with Crippen molar-refractivity contribution in [1.82, 2.24) is 14.8 Å². The van der Waals surface area contributed by atoms with E-state index in [9.17, 15) is 0 Å². The molecule has 0 aliphatic carbocycles. The first-order chi connectivity index (χ1) is 21.3. The van der Waals surface area contributed by atoms with Crippen molar-refractivity contribution in [3.8, 4) is 28.6 Å².